The second-order valence-corrected chi connectivity index (χ2v) is 8.06. The molecule has 0 saturated carbocycles. The van der Waals surface area contributed by atoms with E-state index in [2.05, 4.69) is 15.9 Å². The van der Waals surface area contributed by atoms with E-state index in [9.17, 15) is 14.7 Å². The molecule has 4 rings (SSSR count). The number of Topliss-reactive ketones (excluding diaryl/α,β-unsaturated/α-hetero) is 1. The standard InChI is InChI=1S/C25H17BrN2O3/c1-15-13-18(9-12-20(15)26)23(29)21-22(17-5-3-2-4-6-17)28(25(31)24(21)30)19-10-7-16(14-27)8-11-19/h2-13,22,29H,1H3/b23-21-. The van der Waals surface area contributed by atoms with Crippen LogP contribution in [0.2, 0.25) is 0 Å². The predicted molar refractivity (Wildman–Crippen MR) is 121 cm³/mol. The highest BCUT2D eigenvalue weighted by Crippen LogP contribution is 2.42. The van der Waals surface area contributed by atoms with Crippen LogP contribution in [0.3, 0.4) is 0 Å². The number of rotatable bonds is 3. The van der Waals surface area contributed by atoms with E-state index < -0.39 is 17.7 Å². The van der Waals surface area contributed by atoms with E-state index in [1.54, 1.807) is 42.5 Å². The molecule has 0 aromatic heterocycles. The third-order valence-corrected chi connectivity index (χ3v) is 6.16. The molecule has 1 unspecified atom stereocenters. The average molecular weight is 473 g/mol. The lowest BCUT2D eigenvalue weighted by atomic mass is 9.94. The van der Waals surface area contributed by atoms with Crippen molar-refractivity contribution in [3.63, 3.8) is 0 Å². The maximum atomic E-state index is 13.1. The molecule has 152 valence electrons. The molecular weight excluding hydrogens is 456 g/mol. The molecule has 1 saturated heterocycles. The van der Waals surface area contributed by atoms with Gasteiger partial charge in [0.15, 0.2) is 0 Å². The van der Waals surface area contributed by atoms with E-state index in [0.29, 0.717) is 22.4 Å². The number of aryl methyl sites for hydroxylation is 1. The van der Waals surface area contributed by atoms with E-state index in [4.69, 9.17) is 5.26 Å². The summed E-state index contributed by atoms with van der Waals surface area (Å²) in [6, 6.07) is 22.0. The maximum absolute atomic E-state index is 13.1. The van der Waals surface area contributed by atoms with Gasteiger partial charge in [0.05, 0.1) is 23.2 Å². The van der Waals surface area contributed by atoms with Crippen molar-refractivity contribution >= 4 is 39.1 Å². The van der Waals surface area contributed by atoms with Crippen molar-refractivity contribution in [1.82, 2.24) is 0 Å². The Hall–Kier alpha value is -3.69. The Morgan fingerprint density at radius 1 is 1.03 bits per heavy atom. The number of carbonyl (C=O) groups excluding carboxylic acids is 2. The van der Waals surface area contributed by atoms with Crippen LogP contribution < -0.4 is 4.90 Å². The number of carbonyl (C=O) groups is 2. The molecule has 1 aliphatic rings. The van der Waals surface area contributed by atoms with Crippen LogP contribution in [-0.4, -0.2) is 16.8 Å². The van der Waals surface area contributed by atoms with Crippen molar-refractivity contribution in [2.45, 2.75) is 13.0 Å². The van der Waals surface area contributed by atoms with Crippen LogP contribution in [0, 0.1) is 18.3 Å². The molecule has 0 radical (unpaired) electrons. The summed E-state index contributed by atoms with van der Waals surface area (Å²) in [7, 11) is 0. The van der Waals surface area contributed by atoms with E-state index >= 15 is 0 Å². The van der Waals surface area contributed by atoms with Crippen molar-refractivity contribution in [2.75, 3.05) is 4.90 Å². The minimum Gasteiger partial charge on any atom is -0.507 e. The second kappa shape index (κ2) is 8.21. The molecule has 1 heterocycles. The normalized spacial score (nSPS) is 17.6. The molecule has 1 fully saturated rings. The number of benzene rings is 3. The first-order valence-electron chi connectivity index (χ1n) is 9.55. The summed E-state index contributed by atoms with van der Waals surface area (Å²) in [6.45, 7) is 1.88. The van der Waals surface area contributed by atoms with Crippen LogP contribution in [0.15, 0.2) is 82.8 Å². The molecule has 5 nitrogen and oxygen atoms in total. The molecular formula is C25H17BrN2O3. The Morgan fingerprint density at radius 3 is 2.32 bits per heavy atom. The van der Waals surface area contributed by atoms with Crippen LogP contribution in [-0.2, 0) is 9.59 Å². The Labute approximate surface area is 188 Å². The van der Waals surface area contributed by atoms with Crippen LogP contribution in [0.1, 0.15) is 28.3 Å². The van der Waals surface area contributed by atoms with Gasteiger partial charge >= 0.3 is 0 Å². The van der Waals surface area contributed by atoms with Crippen LogP contribution >= 0.6 is 15.9 Å². The monoisotopic (exact) mass is 472 g/mol. The van der Waals surface area contributed by atoms with Gasteiger partial charge in [0, 0.05) is 15.7 Å². The lowest BCUT2D eigenvalue weighted by Gasteiger charge is -2.25. The summed E-state index contributed by atoms with van der Waals surface area (Å²) in [5, 5.41) is 20.2. The maximum Gasteiger partial charge on any atom is 0.300 e. The molecule has 1 aliphatic heterocycles. The van der Waals surface area contributed by atoms with Gasteiger partial charge in [0.1, 0.15) is 5.76 Å². The minimum absolute atomic E-state index is 0.0299. The van der Waals surface area contributed by atoms with E-state index in [-0.39, 0.29) is 11.3 Å². The zero-order chi connectivity index (χ0) is 22.1. The highest BCUT2D eigenvalue weighted by atomic mass is 79.9. The molecule has 3 aromatic rings. The first-order valence-corrected chi connectivity index (χ1v) is 10.3. The summed E-state index contributed by atoms with van der Waals surface area (Å²) in [4.78, 5) is 27.5. The molecule has 0 spiro atoms. The third-order valence-electron chi connectivity index (χ3n) is 5.27. The number of nitrogens with zero attached hydrogens (tertiary/aromatic N) is 2. The second-order valence-electron chi connectivity index (χ2n) is 7.20. The van der Waals surface area contributed by atoms with Crippen molar-refractivity contribution in [3.05, 3.63) is 105 Å². The number of halogens is 1. The summed E-state index contributed by atoms with van der Waals surface area (Å²) in [5.41, 5.74) is 2.99. The quantitative estimate of drug-likeness (QED) is 0.320. The molecule has 31 heavy (non-hydrogen) atoms. The van der Waals surface area contributed by atoms with Gasteiger partial charge in [-0.3, -0.25) is 14.5 Å². The fourth-order valence-electron chi connectivity index (χ4n) is 3.69. The van der Waals surface area contributed by atoms with Crippen molar-refractivity contribution in [1.29, 1.82) is 5.26 Å². The van der Waals surface area contributed by atoms with Gasteiger partial charge in [0.2, 0.25) is 0 Å². The Balaban J connectivity index is 1.93. The first kappa shape index (κ1) is 20.6. The smallest absolute Gasteiger partial charge is 0.300 e. The number of aliphatic hydroxyl groups is 1. The van der Waals surface area contributed by atoms with E-state index in [1.807, 2.05) is 43.3 Å². The molecule has 3 aromatic carbocycles. The SMILES string of the molecule is Cc1cc(/C(O)=C2/C(=O)C(=O)N(c3ccc(C#N)cc3)C2c2ccccc2)ccc1Br. The summed E-state index contributed by atoms with van der Waals surface area (Å²) >= 11 is 3.43. The molecule has 1 amide bonds. The van der Waals surface area contributed by atoms with Gasteiger partial charge in [0.25, 0.3) is 11.7 Å². The fourth-order valence-corrected chi connectivity index (χ4v) is 3.94. The summed E-state index contributed by atoms with van der Waals surface area (Å²) in [5.74, 6) is -1.70. The van der Waals surface area contributed by atoms with Gasteiger partial charge in [-0.15, -0.1) is 0 Å². The molecule has 1 atom stereocenters. The van der Waals surface area contributed by atoms with Crippen LogP contribution in [0.25, 0.3) is 5.76 Å². The van der Waals surface area contributed by atoms with Gasteiger partial charge in [-0.25, -0.2) is 0 Å². The lowest BCUT2D eigenvalue weighted by Crippen LogP contribution is -2.29. The highest BCUT2D eigenvalue weighted by molar-refractivity contribution is 9.10. The highest BCUT2D eigenvalue weighted by Gasteiger charge is 2.46. The van der Waals surface area contributed by atoms with Gasteiger partial charge in [-0.05, 0) is 54.4 Å². The van der Waals surface area contributed by atoms with Crippen molar-refractivity contribution in [3.8, 4) is 6.07 Å². The number of hydrogen-bond donors (Lipinski definition) is 1. The topological polar surface area (TPSA) is 81.4 Å². The number of aliphatic hydroxyl groups excluding tert-OH is 1. The zero-order valence-corrected chi connectivity index (χ0v) is 18.1. The number of ketones is 1. The van der Waals surface area contributed by atoms with Crippen LogP contribution in [0.5, 0.6) is 0 Å². The Morgan fingerprint density at radius 2 is 1.71 bits per heavy atom. The Kier molecular flexibility index (Phi) is 5.45. The number of amides is 1. The average Bonchev–Trinajstić information content (AvgIpc) is 3.06. The fraction of sp³-hybridized carbons (Fsp3) is 0.0800. The number of hydrogen-bond acceptors (Lipinski definition) is 4. The molecule has 0 bridgehead atoms. The van der Waals surface area contributed by atoms with Crippen molar-refractivity contribution in [2.24, 2.45) is 0 Å². The van der Waals surface area contributed by atoms with Gasteiger partial charge in [-0.2, -0.15) is 5.26 Å². The molecule has 1 N–H and O–H groups in total. The Bertz CT molecular complexity index is 1260. The van der Waals surface area contributed by atoms with Gasteiger partial charge in [-0.1, -0.05) is 52.3 Å². The minimum atomic E-state index is -0.793. The van der Waals surface area contributed by atoms with E-state index in [1.165, 1.54) is 4.90 Å². The molecule has 0 aliphatic carbocycles. The number of anilines is 1. The van der Waals surface area contributed by atoms with Crippen molar-refractivity contribution < 1.29 is 14.7 Å². The third kappa shape index (κ3) is 3.65. The van der Waals surface area contributed by atoms with Gasteiger partial charge < -0.3 is 5.11 Å². The largest absolute Gasteiger partial charge is 0.507 e. The van der Waals surface area contributed by atoms with Crippen LogP contribution in [0.4, 0.5) is 5.69 Å². The zero-order valence-electron chi connectivity index (χ0n) is 16.5. The first-order chi connectivity index (χ1) is 14.9. The predicted octanol–water partition coefficient (Wildman–Crippen LogP) is 5.26. The lowest BCUT2D eigenvalue weighted by molar-refractivity contribution is -0.132. The summed E-state index contributed by atoms with van der Waals surface area (Å²) in [6.07, 6.45) is 0. The summed E-state index contributed by atoms with van der Waals surface area (Å²) < 4.78 is 0.877. The molecule has 6 heteroatoms. The number of nitriles is 1. The van der Waals surface area contributed by atoms with E-state index in [0.717, 1.165) is 10.0 Å².